The maximum absolute atomic E-state index is 13.1. The SMILES string of the molecule is C=C(CC(C)C)C(=O)Nc1cc2c(Nc3ccc(OCc4ccccn4)c(Cl)c3)ncnc2cc1OCCN1CCOCC1. The van der Waals surface area contributed by atoms with Crippen LogP contribution in [0.25, 0.3) is 10.9 Å². The first-order chi connectivity index (χ1) is 21.4. The highest BCUT2D eigenvalue weighted by molar-refractivity contribution is 6.32. The molecule has 0 bridgehead atoms. The van der Waals surface area contributed by atoms with Crippen LogP contribution >= 0.6 is 11.6 Å². The first-order valence-electron chi connectivity index (χ1n) is 14.7. The third kappa shape index (κ3) is 8.43. The van der Waals surface area contributed by atoms with Gasteiger partial charge in [0.15, 0.2) is 0 Å². The van der Waals surface area contributed by atoms with Crippen molar-refractivity contribution in [3.8, 4) is 11.5 Å². The average molecular weight is 617 g/mol. The van der Waals surface area contributed by atoms with Crippen LogP contribution in [0.4, 0.5) is 17.2 Å². The number of anilines is 3. The maximum atomic E-state index is 13.1. The molecule has 1 amide bonds. The van der Waals surface area contributed by atoms with Gasteiger partial charge in [-0.05, 0) is 48.7 Å². The molecule has 1 fully saturated rings. The van der Waals surface area contributed by atoms with Crippen LogP contribution in [0.3, 0.4) is 0 Å². The van der Waals surface area contributed by atoms with Crippen LogP contribution in [0.15, 0.2) is 73.2 Å². The number of hydrogen-bond acceptors (Lipinski definition) is 9. The molecular formula is C33H37ClN6O4. The van der Waals surface area contributed by atoms with Crippen molar-refractivity contribution < 1.29 is 19.0 Å². The lowest BCUT2D eigenvalue weighted by molar-refractivity contribution is -0.113. The first-order valence-corrected chi connectivity index (χ1v) is 15.0. The highest BCUT2D eigenvalue weighted by atomic mass is 35.5. The number of ether oxygens (including phenoxy) is 3. The Morgan fingerprint density at radius 3 is 2.66 bits per heavy atom. The zero-order chi connectivity index (χ0) is 30.9. The monoisotopic (exact) mass is 616 g/mol. The molecule has 0 atom stereocenters. The number of hydrogen-bond donors (Lipinski definition) is 2. The molecule has 11 heteroatoms. The predicted molar refractivity (Wildman–Crippen MR) is 173 cm³/mol. The van der Waals surface area contributed by atoms with Crippen molar-refractivity contribution in [1.29, 1.82) is 0 Å². The lowest BCUT2D eigenvalue weighted by atomic mass is 10.0. The minimum absolute atomic E-state index is 0.254. The molecule has 1 saturated heterocycles. The molecule has 2 N–H and O–H groups in total. The Bertz CT molecular complexity index is 1590. The molecule has 0 spiro atoms. The Balaban J connectivity index is 1.37. The van der Waals surface area contributed by atoms with E-state index in [2.05, 4.69) is 50.9 Å². The van der Waals surface area contributed by atoms with E-state index in [0.29, 0.717) is 89.0 Å². The van der Waals surface area contributed by atoms with E-state index in [1.165, 1.54) is 6.33 Å². The van der Waals surface area contributed by atoms with E-state index in [0.717, 1.165) is 25.3 Å². The number of carbonyl (C=O) groups is 1. The molecule has 1 aliphatic rings. The number of halogens is 1. The number of aromatic nitrogens is 3. The molecule has 44 heavy (non-hydrogen) atoms. The van der Waals surface area contributed by atoms with Gasteiger partial charge in [0.25, 0.3) is 5.91 Å². The van der Waals surface area contributed by atoms with Gasteiger partial charge in [0, 0.05) is 48.5 Å². The summed E-state index contributed by atoms with van der Waals surface area (Å²) < 4.78 is 17.5. The van der Waals surface area contributed by atoms with Crippen molar-refractivity contribution >= 4 is 45.6 Å². The van der Waals surface area contributed by atoms with Crippen LogP contribution in [-0.2, 0) is 16.1 Å². The minimum atomic E-state index is -0.254. The van der Waals surface area contributed by atoms with Gasteiger partial charge >= 0.3 is 0 Å². The summed E-state index contributed by atoms with van der Waals surface area (Å²) in [5.74, 6) is 1.66. The van der Waals surface area contributed by atoms with Crippen LogP contribution < -0.4 is 20.1 Å². The summed E-state index contributed by atoms with van der Waals surface area (Å²) in [5.41, 5.74) is 3.19. The molecular weight excluding hydrogens is 580 g/mol. The summed E-state index contributed by atoms with van der Waals surface area (Å²) in [5, 5.41) is 7.48. The van der Waals surface area contributed by atoms with Gasteiger partial charge < -0.3 is 24.8 Å². The lowest BCUT2D eigenvalue weighted by Crippen LogP contribution is -2.38. The largest absolute Gasteiger partial charge is 0.490 e. The van der Waals surface area contributed by atoms with Gasteiger partial charge in [-0.3, -0.25) is 14.7 Å². The fourth-order valence-corrected chi connectivity index (χ4v) is 5.01. The second-order valence-corrected chi connectivity index (χ2v) is 11.3. The van der Waals surface area contributed by atoms with E-state index in [9.17, 15) is 4.79 Å². The van der Waals surface area contributed by atoms with Crippen molar-refractivity contribution in [3.05, 3.63) is 83.9 Å². The molecule has 2 aromatic carbocycles. The molecule has 2 aromatic heterocycles. The molecule has 4 aromatic rings. The fourth-order valence-electron chi connectivity index (χ4n) is 4.77. The predicted octanol–water partition coefficient (Wildman–Crippen LogP) is 6.25. The summed E-state index contributed by atoms with van der Waals surface area (Å²) >= 11 is 6.55. The standard InChI is InChI=1S/C33H37ClN6O4/c1-22(2)16-23(3)33(41)39-29-18-26-28(19-31(29)43-15-12-40-10-13-42-14-11-40)36-21-37-32(26)38-24-7-8-30(27(34)17-24)44-20-25-6-4-5-9-35-25/h4-9,17-19,21-22H,3,10-16,20H2,1-2H3,(H,39,41)(H,36,37,38). The molecule has 5 rings (SSSR count). The number of pyridine rings is 1. The number of fused-ring (bicyclic) bond motifs is 1. The Morgan fingerprint density at radius 1 is 1.07 bits per heavy atom. The highest BCUT2D eigenvalue weighted by Crippen LogP contribution is 2.35. The Morgan fingerprint density at radius 2 is 1.91 bits per heavy atom. The van der Waals surface area contributed by atoms with Gasteiger partial charge in [-0.1, -0.05) is 38.1 Å². The summed E-state index contributed by atoms with van der Waals surface area (Å²) in [6.07, 6.45) is 3.79. The second-order valence-electron chi connectivity index (χ2n) is 10.9. The molecule has 230 valence electrons. The quantitative estimate of drug-likeness (QED) is 0.168. The van der Waals surface area contributed by atoms with Crippen molar-refractivity contribution in [2.24, 2.45) is 5.92 Å². The van der Waals surface area contributed by atoms with Crippen molar-refractivity contribution in [2.75, 3.05) is 50.1 Å². The molecule has 0 radical (unpaired) electrons. The van der Waals surface area contributed by atoms with E-state index < -0.39 is 0 Å². The number of amides is 1. The van der Waals surface area contributed by atoms with Crippen molar-refractivity contribution in [1.82, 2.24) is 19.9 Å². The average Bonchev–Trinajstić information content (AvgIpc) is 3.02. The molecule has 10 nitrogen and oxygen atoms in total. The van der Waals surface area contributed by atoms with Gasteiger partial charge in [0.2, 0.25) is 0 Å². The molecule has 0 saturated carbocycles. The van der Waals surface area contributed by atoms with E-state index in [4.69, 9.17) is 25.8 Å². The highest BCUT2D eigenvalue weighted by Gasteiger charge is 2.17. The Kier molecular flexibility index (Phi) is 10.6. The van der Waals surface area contributed by atoms with Gasteiger partial charge in [-0.25, -0.2) is 9.97 Å². The van der Waals surface area contributed by atoms with E-state index in [1.54, 1.807) is 18.3 Å². The van der Waals surface area contributed by atoms with Gasteiger partial charge in [0.05, 0.1) is 35.1 Å². The molecule has 3 heterocycles. The normalized spacial score (nSPS) is 13.5. The van der Waals surface area contributed by atoms with E-state index in [-0.39, 0.29) is 5.91 Å². The Hall–Kier alpha value is -4.25. The topological polar surface area (TPSA) is 111 Å². The van der Waals surface area contributed by atoms with Crippen LogP contribution in [0.5, 0.6) is 11.5 Å². The number of nitrogens with one attached hydrogen (secondary N) is 2. The van der Waals surface area contributed by atoms with Crippen molar-refractivity contribution in [2.45, 2.75) is 26.9 Å². The summed E-state index contributed by atoms with van der Waals surface area (Å²) in [7, 11) is 0. The third-order valence-corrected chi connectivity index (χ3v) is 7.32. The van der Waals surface area contributed by atoms with Crippen LogP contribution in [0.1, 0.15) is 26.0 Å². The number of benzene rings is 2. The summed E-state index contributed by atoms with van der Waals surface area (Å²) in [6, 6.07) is 14.7. The smallest absolute Gasteiger partial charge is 0.251 e. The minimum Gasteiger partial charge on any atom is -0.490 e. The number of morpholine rings is 1. The zero-order valence-electron chi connectivity index (χ0n) is 25.0. The number of nitrogens with zero attached hydrogens (tertiary/aromatic N) is 4. The van der Waals surface area contributed by atoms with E-state index >= 15 is 0 Å². The van der Waals surface area contributed by atoms with Crippen molar-refractivity contribution in [3.63, 3.8) is 0 Å². The summed E-state index contributed by atoms with van der Waals surface area (Å²) in [4.78, 5) is 28.6. The van der Waals surface area contributed by atoms with Crippen LogP contribution in [0, 0.1) is 5.92 Å². The van der Waals surface area contributed by atoms with Gasteiger partial charge in [0.1, 0.15) is 36.9 Å². The lowest BCUT2D eigenvalue weighted by Gasteiger charge is -2.26. The second kappa shape index (κ2) is 15.0. The number of carbonyl (C=O) groups excluding carboxylic acids is 1. The molecule has 0 aliphatic carbocycles. The zero-order valence-corrected chi connectivity index (χ0v) is 25.8. The summed E-state index contributed by atoms with van der Waals surface area (Å²) in [6.45, 7) is 12.8. The van der Waals surface area contributed by atoms with E-state index in [1.807, 2.05) is 36.4 Å². The Labute approximate surface area is 262 Å². The molecule has 1 aliphatic heterocycles. The van der Waals surface area contributed by atoms with Gasteiger partial charge in [-0.2, -0.15) is 0 Å². The third-order valence-electron chi connectivity index (χ3n) is 7.03. The van der Waals surface area contributed by atoms with Gasteiger partial charge in [-0.15, -0.1) is 0 Å². The maximum Gasteiger partial charge on any atom is 0.251 e. The van der Waals surface area contributed by atoms with Crippen LogP contribution in [-0.4, -0.2) is 65.2 Å². The fraction of sp³-hybridized carbons (Fsp3) is 0.333. The number of rotatable bonds is 13. The first kappa shape index (κ1) is 31.2. The van der Waals surface area contributed by atoms with Crippen LogP contribution in [0.2, 0.25) is 5.02 Å². The molecule has 0 unspecified atom stereocenters.